The first-order valence-electron chi connectivity index (χ1n) is 6.90. The predicted molar refractivity (Wildman–Crippen MR) is 80.9 cm³/mol. The normalized spacial score (nSPS) is 22.4. The standard InChI is InChI=1S/C16H14N4O/c17-14(21)9-20-13-8-4-1-5-10(13)15-16(20)19-12-7-3-2-6-11(12)18-15/h1-8,10,13H,9H2,(H2,17,21)/t10-,13+/m1/s1. The number of para-hydroxylation sites is 2. The fraction of sp³-hybridized carbons (Fsp3) is 0.188. The van der Waals surface area contributed by atoms with E-state index in [4.69, 9.17) is 15.7 Å². The van der Waals surface area contributed by atoms with Gasteiger partial charge in [0.05, 0.1) is 29.3 Å². The van der Waals surface area contributed by atoms with Crippen LogP contribution in [0, 0.1) is 0 Å². The number of nitrogens with two attached hydrogens (primary N) is 1. The van der Waals surface area contributed by atoms with E-state index < -0.39 is 0 Å². The van der Waals surface area contributed by atoms with Gasteiger partial charge in [-0.05, 0) is 12.1 Å². The summed E-state index contributed by atoms with van der Waals surface area (Å²) in [6.45, 7) is 0.152. The first-order valence-corrected chi connectivity index (χ1v) is 6.90. The number of allylic oxidation sites excluding steroid dienone is 2. The zero-order valence-corrected chi connectivity index (χ0v) is 11.3. The zero-order valence-electron chi connectivity index (χ0n) is 11.3. The number of hydrogen-bond acceptors (Lipinski definition) is 4. The van der Waals surface area contributed by atoms with Crippen molar-refractivity contribution in [2.45, 2.75) is 12.0 Å². The lowest BCUT2D eigenvalue weighted by Crippen LogP contribution is -2.39. The van der Waals surface area contributed by atoms with Gasteiger partial charge in [-0.15, -0.1) is 0 Å². The maximum atomic E-state index is 11.4. The first-order chi connectivity index (χ1) is 10.2. The Kier molecular flexibility index (Phi) is 2.54. The van der Waals surface area contributed by atoms with E-state index in [1.165, 1.54) is 0 Å². The number of anilines is 1. The maximum absolute atomic E-state index is 11.4. The molecule has 1 aromatic heterocycles. The average molecular weight is 278 g/mol. The molecule has 2 heterocycles. The molecular weight excluding hydrogens is 264 g/mol. The van der Waals surface area contributed by atoms with Crippen LogP contribution in [-0.2, 0) is 4.79 Å². The summed E-state index contributed by atoms with van der Waals surface area (Å²) < 4.78 is 0. The Morgan fingerprint density at radius 2 is 1.86 bits per heavy atom. The second-order valence-corrected chi connectivity index (χ2v) is 5.30. The number of carbonyl (C=O) groups excluding carboxylic acids is 1. The summed E-state index contributed by atoms with van der Waals surface area (Å²) >= 11 is 0. The van der Waals surface area contributed by atoms with Gasteiger partial charge in [0, 0.05) is 5.92 Å². The van der Waals surface area contributed by atoms with E-state index >= 15 is 0 Å². The van der Waals surface area contributed by atoms with Crippen LogP contribution in [0.3, 0.4) is 0 Å². The molecule has 0 saturated carbocycles. The molecule has 2 atom stereocenters. The first kappa shape index (κ1) is 12.1. The minimum atomic E-state index is -0.362. The molecule has 1 aliphatic carbocycles. The fourth-order valence-corrected chi connectivity index (χ4v) is 3.07. The summed E-state index contributed by atoms with van der Waals surface area (Å²) in [7, 11) is 0. The fourth-order valence-electron chi connectivity index (χ4n) is 3.07. The molecule has 4 rings (SSSR count). The lowest BCUT2D eigenvalue weighted by atomic mass is 9.95. The summed E-state index contributed by atoms with van der Waals surface area (Å²) in [5, 5.41) is 0. The van der Waals surface area contributed by atoms with Crippen molar-refractivity contribution in [3.05, 3.63) is 54.3 Å². The molecular formula is C16H14N4O. The van der Waals surface area contributed by atoms with Crippen LogP contribution in [0.5, 0.6) is 0 Å². The molecule has 2 N–H and O–H groups in total. The number of primary amides is 1. The van der Waals surface area contributed by atoms with Gasteiger partial charge in [-0.3, -0.25) is 4.79 Å². The number of amides is 1. The molecule has 0 spiro atoms. The highest BCUT2D eigenvalue weighted by atomic mass is 16.1. The van der Waals surface area contributed by atoms with Gasteiger partial charge in [-0.25, -0.2) is 9.97 Å². The molecule has 2 aromatic rings. The molecule has 21 heavy (non-hydrogen) atoms. The van der Waals surface area contributed by atoms with Crippen molar-refractivity contribution in [2.24, 2.45) is 5.73 Å². The van der Waals surface area contributed by atoms with Crippen molar-refractivity contribution in [1.29, 1.82) is 0 Å². The van der Waals surface area contributed by atoms with Gasteiger partial charge in [0.1, 0.15) is 0 Å². The minimum Gasteiger partial charge on any atom is -0.368 e. The topological polar surface area (TPSA) is 72.1 Å². The van der Waals surface area contributed by atoms with Crippen molar-refractivity contribution in [3.8, 4) is 0 Å². The summed E-state index contributed by atoms with van der Waals surface area (Å²) in [5.41, 5.74) is 8.01. The molecule has 5 nitrogen and oxygen atoms in total. The molecule has 5 heteroatoms. The Balaban J connectivity index is 1.92. The van der Waals surface area contributed by atoms with Gasteiger partial charge in [0.25, 0.3) is 0 Å². The van der Waals surface area contributed by atoms with Crippen molar-refractivity contribution >= 4 is 22.8 Å². The largest absolute Gasteiger partial charge is 0.368 e. The Bertz CT molecular complexity index is 796. The molecule has 0 unspecified atom stereocenters. The number of rotatable bonds is 2. The van der Waals surface area contributed by atoms with E-state index in [0.717, 1.165) is 22.5 Å². The Hall–Kier alpha value is -2.69. The van der Waals surface area contributed by atoms with E-state index in [2.05, 4.69) is 12.2 Å². The van der Waals surface area contributed by atoms with E-state index in [0.29, 0.717) is 0 Å². The summed E-state index contributed by atoms with van der Waals surface area (Å²) in [4.78, 5) is 22.8. The second kappa shape index (κ2) is 4.41. The van der Waals surface area contributed by atoms with Gasteiger partial charge >= 0.3 is 0 Å². The lowest BCUT2D eigenvalue weighted by molar-refractivity contribution is -0.116. The van der Waals surface area contributed by atoms with E-state index in [9.17, 15) is 4.79 Å². The van der Waals surface area contributed by atoms with Crippen LogP contribution >= 0.6 is 0 Å². The van der Waals surface area contributed by atoms with Crippen molar-refractivity contribution < 1.29 is 4.79 Å². The molecule has 0 radical (unpaired) electrons. The Labute approximate surface area is 121 Å². The van der Waals surface area contributed by atoms with E-state index in [-0.39, 0.29) is 24.4 Å². The van der Waals surface area contributed by atoms with Crippen LogP contribution in [0.25, 0.3) is 11.0 Å². The third-order valence-electron chi connectivity index (χ3n) is 3.96. The summed E-state index contributed by atoms with van der Waals surface area (Å²) in [6, 6.07) is 7.83. The Morgan fingerprint density at radius 1 is 1.14 bits per heavy atom. The molecule has 0 bridgehead atoms. The smallest absolute Gasteiger partial charge is 0.237 e. The number of benzene rings is 1. The molecule has 104 valence electrons. The Morgan fingerprint density at radius 3 is 2.62 bits per heavy atom. The number of carbonyl (C=O) groups is 1. The van der Waals surface area contributed by atoms with Gasteiger partial charge in [0.2, 0.25) is 5.91 Å². The third-order valence-corrected chi connectivity index (χ3v) is 3.96. The van der Waals surface area contributed by atoms with Crippen LogP contribution in [0.15, 0.2) is 48.6 Å². The highest BCUT2D eigenvalue weighted by Crippen LogP contribution is 2.41. The van der Waals surface area contributed by atoms with Crippen LogP contribution in [0.4, 0.5) is 5.82 Å². The number of nitrogens with zero attached hydrogens (tertiary/aromatic N) is 3. The minimum absolute atomic E-state index is 0.0642. The number of hydrogen-bond donors (Lipinski definition) is 1. The predicted octanol–water partition coefficient (Wildman–Crippen LogP) is 1.51. The van der Waals surface area contributed by atoms with Gasteiger partial charge < -0.3 is 10.6 Å². The molecule has 1 aromatic carbocycles. The number of fused-ring (bicyclic) bond motifs is 4. The van der Waals surface area contributed by atoms with Gasteiger partial charge in [-0.2, -0.15) is 0 Å². The maximum Gasteiger partial charge on any atom is 0.237 e. The SMILES string of the molecule is NC(=O)CN1c2nc3ccccc3nc2[C@@H]2C=CC=C[C@@H]21. The van der Waals surface area contributed by atoms with E-state index in [1.807, 2.05) is 41.3 Å². The summed E-state index contributed by atoms with van der Waals surface area (Å²) in [6.07, 6.45) is 8.17. The van der Waals surface area contributed by atoms with Crippen LogP contribution in [0.1, 0.15) is 11.6 Å². The van der Waals surface area contributed by atoms with Gasteiger partial charge in [-0.1, -0.05) is 36.4 Å². The van der Waals surface area contributed by atoms with Crippen LogP contribution in [-0.4, -0.2) is 28.5 Å². The summed E-state index contributed by atoms with van der Waals surface area (Å²) in [5.74, 6) is 0.527. The highest BCUT2D eigenvalue weighted by molar-refractivity contribution is 5.83. The van der Waals surface area contributed by atoms with Crippen molar-refractivity contribution in [3.63, 3.8) is 0 Å². The monoisotopic (exact) mass is 278 g/mol. The lowest BCUT2D eigenvalue weighted by Gasteiger charge is -2.25. The highest BCUT2D eigenvalue weighted by Gasteiger charge is 2.39. The van der Waals surface area contributed by atoms with E-state index in [1.54, 1.807) is 0 Å². The van der Waals surface area contributed by atoms with Crippen molar-refractivity contribution in [1.82, 2.24) is 9.97 Å². The zero-order chi connectivity index (χ0) is 14.4. The molecule has 2 aliphatic rings. The molecule has 1 aliphatic heterocycles. The van der Waals surface area contributed by atoms with Gasteiger partial charge in [0.15, 0.2) is 5.82 Å². The number of aromatic nitrogens is 2. The van der Waals surface area contributed by atoms with Crippen LogP contribution in [0.2, 0.25) is 0 Å². The average Bonchev–Trinajstić information content (AvgIpc) is 2.79. The second-order valence-electron chi connectivity index (χ2n) is 5.30. The third kappa shape index (κ3) is 1.81. The van der Waals surface area contributed by atoms with Crippen LogP contribution < -0.4 is 10.6 Å². The quantitative estimate of drug-likeness (QED) is 0.904. The molecule has 1 amide bonds. The molecule has 0 saturated heterocycles. The van der Waals surface area contributed by atoms with Crippen molar-refractivity contribution in [2.75, 3.05) is 11.4 Å². The molecule has 0 fully saturated rings.